The van der Waals surface area contributed by atoms with Gasteiger partial charge < -0.3 is 9.64 Å². The van der Waals surface area contributed by atoms with Crippen molar-refractivity contribution in [1.82, 2.24) is 20.4 Å². The highest BCUT2D eigenvalue weighted by molar-refractivity contribution is 5.93. The van der Waals surface area contributed by atoms with Crippen LogP contribution in [0.5, 0.6) is 5.75 Å². The van der Waals surface area contributed by atoms with E-state index in [4.69, 9.17) is 4.74 Å². The maximum atomic E-state index is 6.12. The van der Waals surface area contributed by atoms with Crippen molar-refractivity contribution in [1.29, 1.82) is 0 Å². The molecular weight excluding hydrogens is 326 g/mol. The van der Waals surface area contributed by atoms with Gasteiger partial charge in [-0.15, -0.1) is 5.10 Å². The summed E-state index contributed by atoms with van der Waals surface area (Å²) in [6.45, 7) is 4.27. The zero-order valence-corrected chi connectivity index (χ0v) is 15.0. The Morgan fingerprint density at radius 1 is 1.12 bits per heavy atom. The molecule has 2 aliphatic rings. The number of rotatable bonds is 4. The highest BCUT2D eigenvalue weighted by atomic mass is 16.5. The second-order valence-corrected chi connectivity index (χ2v) is 7.68. The Bertz CT molecular complexity index is 940. The summed E-state index contributed by atoms with van der Waals surface area (Å²) in [6.07, 6.45) is 7.79. The number of aromatic nitrogens is 4. The molecule has 1 saturated carbocycles. The Balaban J connectivity index is 1.50. The van der Waals surface area contributed by atoms with E-state index in [0.29, 0.717) is 0 Å². The standard InChI is InChI=1S/C20H23N5O/c1-20(7-8-20)26-15-5-6-17-16(12-15)19(24-22-17)14-11-18(23-21-13-14)25-9-3-2-4-10-25/h5-6,11-13H,2-4,7-10H2,1H3,(H,22,24). The van der Waals surface area contributed by atoms with Crippen LogP contribution in [0.15, 0.2) is 30.5 Å². The number of anilines is 1. The monoisotopic (exact) mass is 349 g/mol. The Hall–Kier alpha value is -2.63. The maximum absolute atomic E-state index is 6.12. The van der Waals surface area contributed by atoms with Crippen LogP contribution in [0.3, 0.4) is 0 Å². The van der Waals surface area contributed by atoms with E-state index >= 15 is 0 Å². The van der Waals surface area contributed by atoms with Crippen LogP contribution < -0.4 is 9.64 Å². The molecule has 0 unspecified atom stereocenters. The van der Waals surface area contributed by atoms with Crippen molar-refractivity contribution in [2.75, 3.05) is 18.0 Å². The summed E-state index contributed by atoms with van der Waals surface area (Å²) in [5.41, 5.74) is 2.93. The van der Waals surface area contributed by atoms with Crippen LogP contribution >= 0.6 is 0 Å². The number of hydrogen-bond donors (Lipinski definition) is 1. The highest BCUT2D eigenvalue weighted by Gasteiger charge is 2.40. The predicted octanol–water partition coefficient (Wildman–Crippen LogP) is 3.94. The predicted molar refractivity (Wildman–Crippen MR) is 101 cm³/mol. The number of benzene rings is 1. The van der Waals surface area contributed by atoms with Crippen molar-refractivity contribution in [3.05, 3.63) is 30.5 Å². The van der Waals surface area contributed by atoms with E-state index in [0.717, 1.165) is 59.7 Å². The van der Waals surface area contributed by atoms with Crippen LogP contribution in [0, 0.1) is 0 Å². The molecular formula is C20H23N5O. The molecule has 2 fully saturated rings. The summed E-state index contributed by atoms with van der Waals surface area (Å²) >= 11 is 0. The first-order valence-corrected chi connectivity index (χ1v) is 9.45. The largest absolute Gasteiger partial charge is 0.488 e. The Morgan fingerprint density at radius 2 is 1.96 bits per heavy atom. The van der Waals surface area contributed by atoms with Crippen LogP contribution in [0.25, 0.3) is 22.2 Å². The number of aromatic amines is 1. The van der Waals surface area contributed by atoms with Crippen LogP contribution in [-0.4, -0.2) is 39.1 Å². The van der Waals surface area contributed by atoms with Crippen LogP contribution in [0.4, 0.5) is 5.82 Å². The van der Waals surface area contributed by atoms with Crippen LogP contribution in [0.1, 0.15) is 39.0 Å². The third-order valence-electron chi connectivity index (χ3n) is 5.45. The summed E-state index contributed by atoms with van der Waals surface area (Å²) in [6, 6.07) is 8.21. The number of ether oxygens (including phenoxy) is 1. The van der Waals surface area contributed by atoms with Crippen molar-refractivity contribution in [2.45, 2.75) is 44.6 Å². The number of piperidine rings is 1. The lowest BCUT2D eigenvalue weighted by atomic mass is 10.1. The molecule has 0 radical (unpaired) electrons. The first-order chi connectivity index (χ1) is 12.7. The first-order valence-electron chi connectivity index (χ1n) is 9.45. The van der Waals surface area contributed by atoms with Crippen molar-refractivity contribution in [2.24, 2.45) is 0 Å². The van der Waals surface area contributed by atoms with Gasteiger partial charge in [0.15, 0.2) is 5.82 Å². The Morgan fingerprint density at radius 3 is 2.77 bits per heavy atom. The smallest absolute Gasteiger partial charge is 0.151 e. The fourth-order valence-electron chi connectivity index (χ4n) is 3.61. The molecule has 3 aromatic rings. The van der Waals surface area contributed by atoms with Crippen molar-refractivity contribution < 1.29 is 4.74 Å². The van der Waals surface area contributed by atoms with E-state index in [-0.39, 0.29) is 5.60 Å². The molecule has 1 saturated heterocycles. The summed E-state index contributed by atoms with van der Waals surface area (Å²) in [5.74, 6) is 1.85. The summed E-state index contributed by atoms with van der Waals surface area (Å²) < 4.78 is 6.12. The molecule has 1 aliphatic carbocycles. The fourth-order valence-corrected chi connectivity index (χ4v) is 3.61. The molecule has 0 bridgehead atoms. The lowest BCUT2D eigenvalue weighted by molar-refractivity contribution is 0.200. The van der Waals surface area contributed by atoms with Gasteiger partial charge >= 0.3 is 0 Å². The quantitative estimate of drug-likeness (QED) is 0.773. The molecule has 26 heavy (non-hydrogen) atoms. The molecule has 5 rings (SSSR count). The van der Waals surface area contributed by atoms with Gasteiger partial charge in [-0.1, -0.05) is 0 Å². The van der Waals surface area contributed by atoms with Gasteiger partial charge in [-0.3, -0.25) is 5.10 Å². The van der Waals surface area contributed by atoms with E-state index in [1.54, 1.807) is 6.20 Å². The van der Waals surface area contributed by atoms with E-state index in [9.17, 15) is 0 Å². The summed E-state index contributed by atoms with van der Waals surface area (Å²) in [7, 11) is 0. The molecule has 0 amide bonds. The third kappa shape index (κ3) is 2.89. The molecule has 0 spiro atoms. The number of nitrogens with one attached hydrogen (secondary N) is 1. The van der Waals surface area contributed by atoms with Crippen molar-refractivity contribution in [3.8, 4) is 17.0 Å². The van der Waals surface area contributed by atoms with Gasteiger partial charge in [-0.05, 0) is 63.3 Å². The number of nitrogens with zero attached hydrogens (tertiary/aromatic N) is 4. The molecule has 6 nitrogen and oxygen atoms in total. The minimum Gasteiger partial charge on any atom is -0.488 e. The highest BCUT2D eigenvalue weighted by Crippen LogP contribution is 2.40. The van der Waals surface area contributed by atoms with E-state index < -0.39 is 0 Å². The zero-order chi connectivity index (χ0) is 17.6. The summed E-state index contributed by atoms with van der Waals surface area (Å²) in [5, 5.41) is 17.3. The lowest BCUT2D eigenvalue weighted by Gasteiger charge is -2.27. The van der Waals surface area contributed by atoms with Gasteiger partial charge in [0.25, 0.3) is 0 Å². The molecule has 6 heteroatoms. The second-order valence-electron chi connectivity index (χ2n) is 7.68. The van der Waals surface area contributed by atoms with Crippen LogP contribution in [-0.2, 0) is 0 Å². The zero-order valence-electron chi connectivity index (χ0n) is 15.0. The second kappa shape index (κ2) is 5.97. The number of H-pyrrole nitrogens is 1. The van der Waals surface area contributed by atoms with Gasteiger partial charge in [0.1, 0.15) is 11.4 Å². The van der Waals surface area contributed by atoms with E-state index in [1.165, 1.54) is 19.3 Å². The van der Waals surface area contributed by atoms with Gasteiger partial charge in [-0.2, -0.15) is 10.2 Å². The fraction of sp³-hybridized carbons (Fsp3) is 0.450. The van der Waals surface area contributed by atoms with Gasteiger partial charge in [0, 0.05) is 24.0 Å². The minimum atomic E-state index is 0.0111. The molecule has 2 aromatic heterocycles. The molecule has 134 valence electrons. The van der Waals surface area contributed by atoms with Crippen molar-refractivity contribution >= 4 is 16.7 Å². The van der Waals surface area contributed by atoms with Gasteiger partial charge in [0.2, 0.25) is 0 Å². The normalized spacial score (nSPS) is 18.9. The van der Waals surface area contributed by atoms with Gasteiger partial charge in [0.05, 0.1) is 17.4 Å². The molecule has 0 atom stereocenters. The molecule has 1 N–H and O–H groups in total. The Kier molecular flexibility index (Phi) is 3.58. The first kappa shape index (κ1) is 15.6. The maximum Gasteiger partial charge on any atom is 0.151 e. The molecule has 1 aromatic carbocycles. The minimum absolute atomic E-state index is 0.0111. The molecule has 1 aliphatic heterocycles. The van der Waals surface area contributed by atoms with E-state index in [2.05, 4.69) is 44.4 Å². The summed E-state index contributed by atoms with van der Waals surface area (Å²) in [4.78, 5) is 2.32. The molecule has 3 heterocycles. The Labute approximate surface area is 152 Å². The topological polar surface area (TPSA) is 66.9 Å². The third-order valence-corrected chi connectivity index (χ3v) is 5.45. The lowest BCUT2D eigenvalue weighted by Crippen LogP contribution is -2.30. The average Bonchev–Trinajstić information content (AvgIpc) is 3.25. The number of hydrogen-bond acceptors (Lipinski definition) is 5. The average molecular weight is 349 g/mol. The SMILES string of the molecule is CC1(Oc2ccc3n[nH]c(-c4cnnc(N5CCCCC5)c4)c3c2)CC1. The van der Waals surface area contributed by atoms with Crippen molar-refractivity contribution in [3.63, 3.8) is 0 Å². The number of fused-ring (bicyclic) bond motifs is 1. The van der Waals surface area contributed by atoms with Gasteiger partial charge in [-0.25, -0.2) is 0 Å². The van der Waals surface area contributed by atoms with E-state index in [1.807, 2.05) is 12.1 Å². The van der Waals surface area contributed by atoms with Crippen LogP contribution in [0.2, 0.25) is 0 Å².